The lowest BCUT2D eigenvalue weighted by molar-refractivity contribution is -0.140. The average Bonchev–Trinajstić information content (AvgIpc) is 2.84. The second kappa shape index (κ2) is 9.83. The quantitative estimate of drug-likeness (QED) is 0.572. The third kappa shape index (κ3) is 4.75. The van der Waals surface area contributed by atoms with E-state index in [-0.39, 0.29) is 11.9 Å². The van der Waals surface area contributed by atoms with Crippen LogP contribution in [0.15, 0.2) is 67.0 Å². The minimum atomic E-state index is -0.213. The van der Waals surface area contributed by atoms with Gasteiger partial charge >= 0.3 is 0 Å². The number of aromatic nitrogens is 1. The number of likely N-dealkylation sites (N-methyl/N-ethyl adjacent to an activating group) is 1. The highest BCUT2D eigenvalue weighted by Crippen LogP contribution is 2.29. The highest BCUT2D eigenvalue weighted by molar-refractivity contribution is 5.83. The van der Waals surface area contributed by atoms with Crippen LogP contribution in [0.25, 0.3) is 11.1 Å². The Labute approximate surface area is 189 Å². The van der Waals surface area contributed by atoms with Gasteiger partial charge in [-0.3, -0.25) is 14.7 Å². The minimum absolute atomic E-state index is 0.158. The number of benzene rings is 2. The van der Waals surface area contributed by atoms with Crippen molar-refractivity contribution in [3.63, 3.8) is 0 Å². The molecule has 4 rings (SSSR count). The van der Waals surface area contributed by atoms with Crippen LogP contribution in [0.2, 0.25) is 0 Å². The van der Waals surface area contributed by atoms with Crippen LogP contribution >= 0.6 is 0 Å². The van der Waals surface area contributed by atoms with E-state index in [4.69, 9.17) is 9.47 Å². The molecule has 1 aromatic heterocycles. The number of methoxy groups -OCH3 is 2. The van der Waals surface area contributed by atoms with Crippen molar-refractivity contribution in [1.29, 1.82) is 0 Å². The molecule has 3 aromatic rings. The lowest BCUT2D eigenvalue weighted by Gasteiger charge is -2.39. The number of rotatable bonds is 7. The highest BCUT2D eigenvalue weighted by atomic mass is 16.5. The normalized spacial score (nSPS) is 16.8. The Morgan fingerprint density at radius 1 is 0.906 bits per heavy atom. The summed E-state index contributed by atoms with van der Waals surface area (Å²) in [5.41, 5.74) is 4.49. The molecule has 0 bridgehead atoms. The Hall–Kier alpha value is -3.38. The molecule has 1 aliphatic rings. The molecular formula is C26H29N3O3. The molecule has 1 aliphatic heterocycles. The fraction of sp³-hybridized carbons (Fsp3) is 0.308. The number of piperazine rings is 1. The van der Waals surface area contributed by atoms with Crippen LogP contribution in [0.5, 0.6) is 11.5 Å². The number of pyridine rings is 1. The van der Waals surface area contributed by atoms with Crippen LogP contribution in [-0.4, -0.2) is 61.1 Å². The topological polar surface area (TPSA) is 54.9 Å². The van der Waals surface area contributed by atoms with Gasteiger partial charge in [0.2, 0.25) is 5.91 Å². The summed E-state index contributed by atoms with van der Waals surface area (Å²) in [6, 6.07) is 18.1. The van der Waals surface area contributed by atoms with Crippen LogP contribution < -0.4 is 9.47 Å². The van der Waals surface area contributed by atoms with Crippen LogP contribution in [0.3, 0.4) is 0 Å². The minimum Gasteiger partial charge on any atom is -0.493 e. The number of carbonyl (C=O) groups excluding carboxylic acids is 1. The molecule has 6 heteroatoms. The van der Waals surface area contributed by atoms with Crippen molar-refractivity contribution in [1.82, 2.24) is 14.8 Å². The largest absolute Gasteiger partial charge is 0.493 e. The molecule has 0 N–H and O–H groups in total. The fourth-order valence-electron chi connectivity index (χ4n) is 4.22. The predicted octanol–water partition coefficient (Wildman–Crippen LogP) is 3.65. The molecule has 0 unspecified atom stereocenters. The molecule has 1 amide bonds. The van der Waals surface area contributed by atoms with Crippen LogP contribution in [0, 0.1) is 0 Å². The lowest BCUT2D eigenvalue weighted by atomic mass is 9.97. The van der Waals surface area contributed by atoms with Crippen LogP contribution in [0.4, 0.5) is 0 Å². The highest BCUT2D eigenvalue weighted by Gasteiger charge is 2.33. The van der Waals surface area contributed by atoms with E-state index in [1.54, 1.807) is 26.6 Å². The van der Waals surface area contributed by atoms with Crippen LogP contribution in [0.1, 0.15) is 11.1 Å². The summed E-state index contributed by atoms with van der Waals surface area (Å²) in [7, 11) is 5.16. The van der Waals surface area contributed by atoms with Gasteiger partial charge in [-0.1, -0.05) is 30.3 Å². The van der Waals surface area contributed by atoms with Gasteiger partial charge in [-0.05, 0) is 52.9 Å². The van der Waals surface area contributed by atoms with E-state index in [2.05, 4.69) is 34.1 Å². The maximum Gasteiger partial charge on any atom is 0.240 e. The van der Waals surface area contributed by atoms with E-state index in [1.165, 1.54) is 0 Å². The summed E-state index contributed by atoms with van der Waals surface area (Å²) in [6.07, 6.45) is 4.26. The van der Waals surface area contributed by atoms with E-state index >= 15 is 0 Å². The van der Waals surface area contributed by atoms with Gasteiger partial charge in [-0.25, -0.2) is 0 Å². The van der Waals surface area contributed by atoms with Gasteiger partial charge in [0.1, 0.15) is 0 Å². The van der Waals surface area contributed by atoms with E-state index in [0.29, 0.717) is 24.5 Å². The van der Waals surface area contributed by atoms with Gasteiger partial charge in [0.25, 0.3) is 0 Å². The maximum absolute atomic E-state index is 13.1. The average molecular weight is 432 g/mol. The molecule has 166 valence electrons. The molecule has 0 radical (unpaired) electrons. The Kier molecular flexibility index (Phi) is 6.71. The number of amides is 1. The molecular weight excluding hydrogens is 402 g/mol. The Balaban J connectivity index is 1.57. The van der Waals surface area contributed by atoms with Crippen molar-refractivity contribution in [3.8, 4) is 22.6 Å². The molecule has 0 aliphatic carbocycles. The summed E-state index contributed by atoms with van der Waals surface area (Å²) >= 11 is 0. The molecule has 6 nitrogen and oxygen atoms in total. The summed E-state index contributed by atoms with van der Waals surface area (Å²) in [5, 5.41) is 0. The van der Waals surface area contributed by atoms with Gasteiger partial charge in [0.05, 0.1) is 20.3 Å². The fourth-order valence-corrected chi connectivity index (χ4v) is 4.22. The van der Waals surface area contributed by atoms with E-state index in [1.807, 2.05) is 42.3 Å². The molecule has 0 saturated carbocycles. The number of hydrogen-bond acceptors (Lipinski definition) is 5. The summed E-state index contributed by atoms with van der Waals surface area (Å²) in [4.78, 5) is 21.3. The Morgan fingerprint density at radius 2 is 1.69 bits per heavy atom. The van der Waals surface area contributed by atoms with Gasteiger partial charge < -0.3 is 14.4 Å². The van der Waals surface area contributed by atoms with Gasteiger partial charge in [-0.15, -0.1) is 0 Å². The van der Waals surface area contributed by atoms with Crippen molar-refractivity contribution in [2.24, 2.45) is 0 Å². The molecule has 1 atom stereocenters. The summed E-state index contributed by atoms with van der Waals surface area (Å²) in [6.45, 7) is 2.22. The predicted molar refractivity (Wildman–Crippen MR) is 125 cm³/mol. The molecule has 32 heavy (non-hydrogen) atoms. The molecule has 2 heterocycles. The lowest BCUT2D eigenvalue weighted by Crippen LogP contribution is -2.56. The zero-order valence-corrected chi connectivity index (χ0v) is 18.8. The smallest absolute Gasteiger partial charge is 0.240 e. The monoisotopic (exact) mass is 431 g/mol. The first kappa shape index (κ1) is 21.8. The molecule has 0 spiro atoms. The van der Waals surface area contributed by atoms with Crippen molar-refractivity contribution in [2.45, 2.75) is 19.0 Å². The maximum atomic E-state index is 13.1. The second-order valence-electron chi connectivity index (χ2n) is 8.08. The van der Waals surface area contributed by atoms with Gasteiger partial charge in [-0.2, -0.15) is 0 Å². The first-order valence-electron chi connectivity index (χ1n) is 10.8. The molecule has 1 fully saturated rings. The second-order valence-corrected chi connectivity index (χ2v) is 8.08. The van der Waals surface area contributed by atoms with Crippen molar-refractivity contribution in [3.05, 3.63) is 78.1 Å². The number of hydrogen-bond donors (Lipinski definition) is 0. The van der Waals surface area contributed by atoms with Crippen molar-refractivity contribution >= 4 is 5.91 Å². The molecule has 1 saturated heterocycles. The van der Waals surface area contributed by atoms with Crippen molar-refractivity contribution in [2.75, 3.05) is 34.4 Å². The zero-order chi connectivity index (χ0) is 22.5. The number of carbonyl (C=O) groups is 1. The summed E-state index contributed by atoms with van der Waals surface area (Å²) in [5.74, 6) is 1.56. The first-order valence-corrected chi connectivity index (χ1v) is 10.8. The number of nitrogens with zero attached hydrogens (tertiary/aromatic N) is 3. The van der Waals surface area contributed by atoms with Gasteiger partial charge in [0, 0.05) is 39.1 Å². The Morgan fingerprint density at radius 3 is 2.44 bits per heavy atom. The SMILES string of the molecule is COc1ccc(CN2CCN(C)C(=O)[C@H]2Cc2cccc(-c3ccncc3)c2)cc1OC. The van der Waals surface area contributed by atoms with E-state index < -0.39 is 0 Å². The van der Waals surface area contributed by atoms with Crippen molar-refractivity contribution < 1.29 is 14.3 Å². The zero-order valence-electron chi connectivity index (χ0n) is 18.8. The van der Waals surface area contributed by atoms with Crippen LogP contribution in [-0.2, 0) is 17.8 Å². The third-order valence-corrected chi connectivity index (χ3v) is 6.03. The number of ether oxygens (including phenoxy) is 2. The van der Waals surface area contributed by atoms with E-state index in [0.717, 1.165) is 35.3 Å². The third-order valence-electron chi connectivity index (χ3n) is 6.03. The van der Waals surface area contributed by atoms with Gasteiger partial charge in [0.15, 0.2) is 11.5 Å². The standard InChI is InChI=1S/C26H29N3O3/c1-28-13-14-29(18-20-7-8-24(31-2)25(17-20)32-3)23(26(28)30)16-19-5-4-6-22(15-19)21-9-11-27-12-10-21/h4-12,15,17,23H,13-14,16,18H2,1-3H3/t23-/m1/s1. The molecule has 2 aromatic carbocycles. The summed E-state index contributed by atoms with van der Waals surface area (Å²) < 4.78 is 10.8. The van der Waals surface area contributed by atoms with E-state index in [9.17, 15) is 4.79 Å². The first-order chi connectivity index (χ1) is 15.6. The Bertz CT molecular complexity index is 1070.